The molecule has 3 rings (SSSR count). The topological polar surface area (TPSA) is 85.8 Å². The molecule has 1 aromatic heterocycles. The van der Waals surface area contributed by atoms with Gasteiger partial charge in [0.05, 0.1) is 5.25 Å². The van der Waals surface area contributed by atoms with Gasteiger partial charge < -0.3 is 11.2 Å². The van der Waals surface area contributed by atoms with Crippen molar-refractivity contribution in [2.75, 3.05) is 11.2 Å². The number of nitrogens with two attached hydrogens (primary N) is 1. The maximum Gasteiger partial charge on any atom is 0.237 e. The summed E-state index contributed by atoms with van der Waals surface area (Å²) in [6.07, 6.45) is 0. The van der Waals surface area contributed by atoms with Crippen molar-refractivity contribution in [3.63, 3.8) is 0 Å². The van der Waals surface area contributed by atoms with Gasteiger partial charge in [0.1, 0.15) is 0 Å². The van der Waals surface area contributed by atoms with E-state index in [1.807, 2.05) is 69.3 Å². The van der Waals surface area contributed by atoms with E-state index >= 15 is 0 Å². The summed E-state index contributed by atoms with van der Waals surface area (Å²) in [5, 5.41) is 11.3. The fourth-order valence-electron chi connectivity index (χ4n) is 2.44. The Morgan fingerprint density at radius 3 is 2.54 bits per heavy atom. The molecule has 0 fully saturated rings. The van der Waals surface area contributed by atoms with E-state index in [1.54, 1.807) is 0 Å². The smallest absolute Gasteiger partial charge is 0.237 e. The van der Waals surface area contributed by atoms with Crippen molar-refractivity contribution < 1.29 is 4.79 Å². The Labute approximate surface area is 156 Å². The highest BCUT2D eigenvalue weighted by Crippen LogP contribution is 2.25. The van der Waals surface area contributed by atoms with Gasteiger partial charge in [-0.3, -0.25) is 4.79 Å². The van der Waals surface area contributed by atoms with Gasteiger partial charge in [0.2, 0.25) is 11.1 Å². The summed E-state index contributed by atoms with van der Waals surface area (Å²) < 4.78 is 1.42. The molecule has 0 radical (unpaired) electrons. The molecule has 0 aliphatic heterocycles. The molecule has 6 nitrogen and oxygen atoms in total. The van der Waals surface area contributed by atoms with E-state index < -0.39 is 0 Å². The van der Waals surface area contributed by atoms with E-state index in [9.17, 15) is 4.79 Å². The highest BCUT2D eigenvalue weighted by Gasteiger charge is 2.20. The number of rotatable bonds is 5. The molecule has 1 amide bonds. The Balaban J connectivity index is 1.70. The van der Waals surface area contributed by atoms with Crippen LogP contribution in [0.5, 0.6) is 0 Å². The molecule has 2 aromatic carbocycles. The van der Waals surface area contributed by atoms with Crippen LogP contribution >= 0.6 is 11.8 Å². The summed E-state index contributed by atoms with van der Waals surface area (Å²) in [6.45, 7) is 5.82. The predicted molar refractivity (Wildman–Crippen MR) is 105 cm³/mol. The zero-order chi connectivity index (χ0) is 18.7. The van der Waals surface area contributed by atoms with Crippen LogP contribution in [0.4, 0.5) is 5.69 Å². The van der Waals surface area contributed by atoms with Crippen LogP contribution in [0.1, 0.15) is 18.1 Å². The van der Waals surface area contributed by atoms with Gasteiger partial charge in [0.25, 0.3) is 0 Å². The third-order valence-electron chi connectivity index (χ3n) is 3.91. The highest BCUT2D eigenvalue weighted by atomic mass is 32.2. The maximum atomic E-state index is 12.4. The van der Waals surface area contributed by atoms with Gasteiger partial charge in [-0.15, -0.1) is 10.2 Å². The molecule has 3 aromatic rings. The van der Waals surface area contributed by atoms with E-state index in [2.05, 4.69) is 15.5 Å². The first-order valence-corrected chi connectivity index (χ1v) is 9.13. The number of amides is 1. The molecule has 26 heavy (non-hydrogen) atoms. The fraction of sp³-hybridized carbons (Fsp3) is 0.211. The number of aryl methyl sites for hydroxylation is 2. The van der Waals surface area contributed by atoms with Crippen molar-refractivity contribution >= 4 is 23.4 Å². The van der Waals surface area contributed by atoms with Crippen molar-refractivity contribution in [2.24, 2.45) is 0 Å². The van der Waals surface area contributed by atoms with E-state index in [4.69, 9.17) is 5.84 Å². The third kappa shape index (κ3) is 4.05. The van der Waals surface area contributed by atoms with Crippen LogP contribution in [0.25, 0.3) is 11.4 Å². The molecule has 0 unspecified atom stereocenters. The molecule has 0 aliphatic rings. The zero-order valence-electron chi connectivity index (χ0n) is 14.9. The number of nitrogens with one attached hydrogen (secondary N) is 1. The van der Waals surface area contributed by atoms with Crippen molar-refractivity contribution in [3.8, 4) is 11.4 Å². The molecule has 0 aliphatic carbocycles. The quantitative estimate of drug-likeness (QED) is 0.533. The van der Waals surface area contributed by atoms with Gasteiger partial charge in [-0.05, 0) is 38.5 Å². The van der Waals surface area contributed by atoms with Crippen LogP contribution in [-0.2, 0) is 4.79 Å². The Hall–Kier alpha value is -2.80. The van der Waals surface area contributed by atoms with Crippen LogP contribution in [0.15, 0.2) is 53.7 Å². The summed E-state index contributed by atoms with van der Waals surface area (Å²) in [4.78, 5) is 12.4. The molecule has 0 saturated heterocycles. The van der Waals surface area contributed by atoms with Crippen LogP contribution in [0, 0.1) is 13.8 Å². The van der Waals surface area contributed by atoms with Gasteiger partial charge in [0.15, 0.2) is 5.82 Å². The second kappa shape index (κ2) is 7.61. The van der Waals surface area contributed by atoms with Crippen LogP contribution in [-0.4, -0.2) is 26.0 Å². The normalized spacial score (nSPS) is 12.0. The first-order chi connectivity index (χ1) is 12.4. The lowest BCUT2D eigenvalue weighted by Crippen LogP contribution is -2.23. The molecule has 1 heterocycles. The molecule has 0 spiro atoms. The van der Waals surface area contributed by atoms with Gasteiger partial charge in [-0.2, -0.15) is 0 Å². The van der Waals surface area contributed by atoms with Crippen molar-refractivity contribution in [3.05, 3.63) is 59.7 Å². The number of nitrogens with zero attached hydrogens (tertiary/aromatic N) is 3. The lowest BCUT2D eigenvalue weighted by atomic mass is 10.1. The number of hydrogen-bond acceptors (Lipinski definition) is 5. The number of carbonyl (C=O) groups is 1. The van der Waals surface area contributed by atoms with Crippen molar-refractivity contribution in [1.29, 1.82) is 0 Å². The van der Waals surface area contributed by atoms with Gasteiger partial charge in [-0.1, -0.05) is 53.7 Å². The van der Waals surface area contributed by atoms with E-state index in [0.29, 0.717) is 11.0 Å². The molecule has 3 N–H and O–H groups in total. The van der Waals surface area contributed by atoms with E-state index in [-0.39, 0.29) is 11.2 Å². The van der Waals surface area contributed by atoms with Gasteiger partial charge >= 0.3 is 0 Å². The zero-order valence-corrected chi connectivity index (χ0v) is 15.7. The van der Waals surface area contributed by atoms with Gasteiger partial charge in [-0.25, -0.2) is 4.68 Å². The Morgan fingerprint density at radius 2 is 1.85 bits per heavy atom. The fourth-order valence-corrected chi connectivity index (χ4v) is 3.21. The Kier molecular flexibility index (Phi) is 5.27. The average Bonchev–Trinajstić information content (AvgIpc) is 2.96. The van der Waals surface area contributed by atoms with Crippen LogP contribution < -0.4 is 11.2 Å². The summed E-state index contributed by atoms with van der Waals surface area (Å²) >= 11 is 1.27. The molecular formula is C19H21N5OS. The second-order valence-corrected chi connectivity index (χ2v) is 7.47. The monoisotopic (exact) mass is 367 g/mol. The summed E-state index contributed by atoms with van der Waals surface area (Å²) in [5.41, 5.74) is 3.91. The molecule has 0 saturated carbocycles. The number of thioether (sulfide) groups is 1. The SMILES string of the molecule is Cc1ccc(-c2nnc(S[C@@H](C)C(=O)Nc3cccc(C)c3)n2N)cc1. The largest absolute Gasteiger partial charge is 0.335 e. The second-order valence-electron chi connectivity index (χ2n) is 6.16. The standard InChI is InChI=1S/C19H21N5OS/c1-12-7-9-15(10-8-12)17-22-23-19(24(17)20)26-14(3)18(25)21-16-6-4-5-13(2)11-16/h4-11,14H,20H2,1-3H3,(H,21,25)/t14-/m0/s1. The third-order valence-corrected chi connectivity index (χ3v) is 4.97. The Morgan fingerprint density at radius 1 is 1.12 bits per heavy atom. The van der Waals surface area contributed by atoms with E-state index in [0.717, 1.165) is 22.4 Å². The number of hydrogen-bond donors (Lipinski definition) is 2. The molecule has 0 bridgehead atoms. The van der Waals surface area contributed by atoms with Crippen LogP contribution in [0.2, 0.25) is 0 Å². The number of aromatic nitrogens is 3. The van der Waals surface area contributed by atoms with Crippen molar-refractivity contribution in [1.82, 2.24) is 14.9 Å². The van der Waals surface area contributed by atoms with Crippen LogP contribution in [0.3, 0.4) is 0 Å². The maximum absolute atomic E-state index is 12.4. The minimum atomic E-state index is -0.368. The first-order valence-electron chi connectivity index (χ1n) is 8.26. The number of nitrogen functional groups attached to an aromatic ring is 1. The molecule has 1 atom stereocenters. The van der Waals surface area contributed by atoms with Gasteiger partial charge in [0, 0.05) is 11.3 Å². The highest BCUT2D eigenvalue weighted by molar-refractivity contribution is 8.00. The van der Waals surface area contributed by atoms with E-state index in [1.165, 1.54) is 16.4 Å². The minimum Gasteiger partial charge on any atom is -0.335 e. The van der Waals surface area contributed by atoms with Crippen molar-refractivity contribution in [2.45, 2.75) is 31.2 Å². The molecule has 134 valence electrons. The summed E-state index contributed by atoms with van der Waals surface area (Å²) in [7, 11) is 0. The molecule has 7 heteroatoms. The summed E-state index contributed by atoms with van der Waals surface area (Å²) in [5.74, 6) is 6.59. The number of carbonyl (C=O) groups excluding carboxylic acids is 1. The lowest BCUT2D eigenvalue weighted by Gasteiger charge is -2.12. The first kappa shape index (κ1) is 18.0. The number of anilines is 1. The predicted octanol–water partition coefficient (Wildman–Crippen LogP) is 3.40. The average molecular weight is 367 g/mol. The molecular weight excluding hydrogens is 346 g/mol. The lowest BCUT2D eigenvalue weighted by molar-refractivity contribution is -0.115. The Bertz CT molecular complexity index is 920. The summed E-state index contributed by atoms with van der Waals surface area (Å²) in [6, 6.07) is 15.6. The number of benzene rings is 2. The minimum absolute atomic E-state index is 0.111.